The van der Waals surface area contributed by atoms with Crippen molar-refractivity contribution in [2.45, 2.75) is 96.0 Å². The van der Waals surface area contributed by atoms with Gasteiger partial charge in [-0.2, -0.15) is 0 Å². The molecular formula is C34H52N4O6S. The van der Waals surface area contributed by atoms with Crippen LogP contribution in [0.4, 0.5) is 0 Å². The Hall–Kier alpha value is -2.86. The van der Waals surface area contributed by atoms with Gasteiger partial charge in [-0.05, 0) is 30.2 Å². The number of hydrogen-bond donors (Lipinski definition) is 4. The van der Waals surface area contributed by atoms with Gasteiger partial charge in [-0.3, -0.25) is 14.4 Å². The maximum Gasteiger partial charge on any atom is 0.241 e. The summed E-state index contributed by atoms with van der Waals surface area (Å²) in [6, 6.07) is 8.25. The van der Waals surface area contributed by atoms with Crippen molar-refractivity contribution in [1.82, 2.24) is 20.1 Å². The van der Waals surface area contributed by atoms with Crippen molar-refractivity contribution in [1.29, 1.82) is 0 Å². The van der Waals surface area contributed by atoms with E-state index < -0.39 is 42.1 Å². The number of benzene rings is 1. The minimum atomic E-state index is -1.15. The molecule has 5 atom stereocenters. The van der Waals surface area contributed by atoms with Crippen LogP contribution in [0.5, 0.6) is 0 Å². The van der Waals surface area contributed by atoms with Gasteiger partial charge >= 0.3 is 0 Å². The second-order valence-corrected chi connectivity index (χ2v) is 13.8. The molecular weight excluding hydrogens is 592 g/mol. The zero-order chi connectivity index (χ0) is 32.9. The number of nitrogens with zero attached hydrogens (tertiary/aromatic N) is 3. The number of carbonyl (C=O) groups excluding carboxylic acids is 3. The number of nitrogens with one attached hydrogen (secondary N) is 1. The van der Waals surface area contributed by atoms with E-state index >= 15 is 0 Å². The van der Waals surface area contributed by atoms with E-state index in [9.17, 15) is 29.7 Å². The van der Waals surface area contributed by atoms with E-state index in [1.54, 1.807) is 43.9 Å². The first-order valence-corrected chi connectivity index (χ1v) is 17.1. The summed E-state index contributed by atoms with van der Waals surface area (Å²) < 4.78 is 0. The van der Waals surface area contributed by atoms with Crippen LogP contribution < -0.4 is 5.32 Å². The Kier molecular flexibility index (Phi) is 14.9. The Balaban J connectivity index is 1.83. The van der Waals surface area contributed by atoms with Crippen molar-refractivity contribution in [2.24, 2.45) is 17.8 Å². The number of aliphatic hydroxyl groups excluding tert-OH is 3. The molecule has 1 saturated carbocycles. The Morgan fingerprint density at radius 3 is 2.31 bits per heavy atom. The second kappa shape index (κ2) is 18.3. The molecule has 1 aliphatic rings. The van der Waals surface area contributed by atoms with Crippen LogP contribution in [-0.4, -0.2) is 93.3 Å². The molecule has 0 spiro atoms. The molecule has 1 heterocycles. The van der Waals surface area contributed by atoms with Gasteiger partial charge in [0.1, 0.15) is 6.10 Å². The molecule has 1 unspecified atom stereocenters. The zero-order valence-corrected chi connectivity index (χ0v) is 28.0. The summed E-state index contributed by atoms with van der Waals surface area (Å²) in [4.78, 5) is 47.6. The molecule has 250 valence electrons. The maximum atomic E-state index is 14.0. The molecule has 45 heavy (non-hydrogen) atoms. The second-order valence-electron chi connectivity index (χ2n) is 13.1. The lowest BCUT2D eigenvalue weighted by Crippen LogP contribution is -2.52. The van der Waals surface area contributed by atoms with E-state index in [0.717, 1.165) is 25.7 Å². The standard InChI is InChI=1S/C34H52N4O6S/c1-23(2)15-29(39)33(43)28(16-24-11-7-5-8-12-24)36-34(44)26(17-27-21-45-22-35-27)18-31(41)38(20-32(42)37(3)4)19-30(40)25-13-9-6-10-14-25/h6,9-10,13-14,21-24,26,28-30,33,39-40,43H,5,7-8,11-12,15-20H2,1-4H3,(H,36,44)/t26-,28+,29+,30?,33-/m1/s1. The molecule has 1 aromatic heterocycles. The van der Waals surface area contributed by atoms with E-state index in [1.807, 2.05) is 25.3 Å². The van der Waals surface area contributed by atoms with Gasteiger partial charge in [0.15, 0.2) is 0 Å². The smallest absolute Gasteiger partial charge is 0.241 e. The first-order valence-electron chi connectivity index (χ1n) is 16.2. The first-order chi connectivity index (χ1) is 21.4. The topological polar surface area (TPSA) is 143 Å². The number of aliphatic hydroxyl groups is 3. The molecule has 3 amide bonds. The zero-order valence-electron chi connectivity index (χ0n) is 27.2. The normalized spacial score (nSPS) is 17.2. The average Bonchev–Trinajstić information content (AvgIpc) is 3.53. The Labute approximate surface area is 271 Å². The number of carbonyl (C=O) groups is 3. The molecule has 1 aromatic carbocycles. The van der Waals surface area contributed by atoms with Gasteiger partial charge in [0.2, 0.25) is 17.7 Å². The highest BCUT2D eigenvalue weighted by atomic mass is 32.1. The minimum Gasteiger partial charge on any atom is -0.390 e. The minimum absolute atomic E-state index is 0.113. The van der Waals surface area contributed by atoms with E-state index in [1.165, 1.54) is 27.6 Å². The lowest BCUT2D eigenvalue weighted by Gasteiger charge is -2.34. The highest BCUT2D eigenvalue weighted by molar-refractivity contribution is 7.07. The summed E-state index contributed by atoms with van der Waals surface area (Å²) in [5.74, 6) is -1.50. The summed E-state index contributed by atoms with van der Waals surface area (Å²) in [6.07, 6.45) is 3.17. The van der Waals surface area contributed by atoms with Gasteiger partial charge in [0.25, 0.3) is 0 Å². The van der Waals surface area contributed by atoms with Gasteiger partial charge in [0, 0.05) is 32.3 Å². The lowest BCUT2D eigenvalue weighted by molar-refractivity contribution is -0.142. The fourth-order valence-corrected chi connectivity index (χ4v) is 6.56. The van der Waals surface area contributed by atoms with E-state index in [-0.39, 0.29) is 37.8 Å². The number of rotatable bonds is 17. The molecule has 11 heteroatoms. The van der Waals surface area contributed by atoms with Gasteiger partial charge in [-0.1, -0.05) is 76.3 Å². The van der Waals surface area contributed by atoms with Crippen molar-refractivity contribution >= 4 is 29.1 Å². The SMILES string of the molecule is CC(C)C[C@H](O)[C@H](O)[C@H](CC1CCCCC1)NC(=O)[C@@H](CC(=O)N(CC(=O)N(C)C)CC(O)c1ccccc1)Cc1cscn1. The fourth-order valence-electron chi connectivity index (χ4n) is 5.99. The van der Waals surface area contributed by atoms with Crippen molar-refractivity contribution in [3.05, 3.63) is 52.5 Å². The van der Waals surface area contributed by atoms with Crippen LogP contribution in [0.15, 0.2) is 41.2 Å². The van der Waals surface area contributed by atoms with Gasteiger partial charge in [-0.15, -0.1) is 11.3 Å². The van der Waals surface area contributed by atoms with Crippen molar-refractivity contribution in [3.63, 3.8) is 0 Å². The third-order valence-electron chi connectivity index (χ3n) is 8.65. The maximum absolute atomic E-state index is 14.0. The quantitative estimate of drug-likeness (QED) is 0.206. The van der Waals surface area contributed by atoms with Crippen LogP contribution in [0, 0.1) is 17.8 Å². The largest absolute Gasteiger partial charge is 0.390 e. The van der Waals surface area contributed by atoms with Gasteiger partial charge in [0.05, 0.1) is 48.5 Å². The summed E-state index contributed by atoms with van der Waals surface area (Å²) in [7, 11) is 3.20. The third-order valence-corrected chi connectivity index (χ3v) is 9.28. The first kappa shape index (κ1) is 36.6. The number of likely N-dealkylation sites (N-methyl/N-ethyl adjacent to an activating group) is 1. The van der Waals surface area contributed by atoms with Crippen molar-refractivity contribution in [3.8, 4) is 0 Å². The van der Waals surface area contributed by atoms with Crippen molar-refractivity contribution < 1.29 is 29.7 Å². The van der Waals surface area contributed by atoms with Crippen LogP contribution >= 0.6 is 11.3 Å². The molecule has 1 fully saturated rings. The molecule has 0 saturated heterocycles. The van der Waals surface area contributed by atoms with E-state index in [2.05, 4.69) is 10.3 Å². The van der Waals surface area contributed by atoms with Crippen LogP contribution in [0.2, 0.25) is 0 Å². The van der Waals surface area contributed by atoms with Crippen LogP contribution in [0.3, 0.4) is 0 Å². The molecule has 0 bridgehead atoms. The van der Waals surface area contributed by atoms with E-state index in [4.69, 9.17) is 0 Å². The predicted octanol–water partition coefficient (Wildman–Crippen LogP) is 3.57. The molecule has 3 rings (SSSR count). The van der Waals surface area contributed by atoms with Crippen molar-refractivity contribution in [2.75, 3.05) is 27.2 Å². The Bertz CT molecular complexity index is 1170. The summed E-state index contributed by atoms with van der Waals surface area (Å²) in [5.41, 5.74) is 2.95. The third kappa shape index (κ3) is 12.1. The summed E-state index contributed by atoms with van der Waals surface area (Å²) in [5, 5.41) is 37.9. The Morgan fingerprint density at radius 2 is 1.71 bits per heavy atom. The number of aromatic nitrogens is 1. The number of thiazole rings is 1. The molecule has 2 aromatic rings. The number of amides is 3. The monoisotopic (exact) mass is 644 g/mol. The summed E-state index contributed by atoms with van der Waals surface area (Å²) in [6.45, 7) is 3.59. The van der Waals surface area contributed by atoms with Crippen LogP contribution in [0.1, 0.15) is 82.6 Å². The molecule has 0 aliphatic heterocycles. The van der Waals surface area contributed by atoms with Crippen LogP contribution in [0.25, 0.3) is 0 Å². The molecule has 0 radical (unpaired) electrons. The summed E-state index contributed by atoms with van der Waals surface area (Å²) >= 11 is 1.39. The number of hydrogen-bond acceptors (Lipinski definition) is 8. The van der Waals surface area contributed by atoms with Crippen LogP contribution in [-0.2, 0) is 20.8 Å². The highest BCUT2D eigenvalue weighted by Crippen LogP contribution is 2.29. The fraction of sp³-hybridized carbons (Fsp3) is 0.647. The molecule has 4 N–H and O–H groups in total. The lowest BCUT2D eigenvalue weighted by atomic mass is 9.82. The molecule has 10 nitrogen and oxygen atoms in total. The molecule has 1 aliphatic carbocycles. The predicted molar refractivity (Wildman–Crippen MR) is 175 cm³/mol. The van der Waals surface area contributed by atoms with Gasteiger partial charge in [-0.25, -0.2) is 4.98 Å². The van der Waals surface area contributed by atoms with Gasteiger partial charge < -0.3 is 30.4 Å². The Morgan fingerprint density at radius 1 is 1.02 bits per heavy atom. The van der Waals surface area contributed by atoms with E-state index in [0.29, 0.717) is 30.0 Å². The highest BCUT2D eigenvalue weighted by Gasteiger charge is 2.34. The average molecular weight is 645 g/mol.